The van der Waals surface area contributed by atoms with Crippen molar-refractivity contribution in [2.24, 2.45) is 0 Å². The monoisotopic (exact) mass is 660 g/mol. The molecule has 0 fully saturated rings. The molecule has 0 rings (SSSR count). The van der Waals surface area contributed by atoms with Crippen molar-refractivity contribution < 1.29 is 28.8 Å². The van der Waals surface area contributed by atoms with E-state index in [2.05, 4.69) is 23.7 Å². The molecule has 0 aliphatic rings. The van der Waals surface area contributed by atoms with E-state index >= 15 is 0 Å². The molecule has 7 nitrogen and oxygen atoms in total. The van der Waals surface area contributed by atoms with Crippen LogP contribution in [0.2, 0.25) is 0 Å². The summed E-state index contributed by atoms with van der Waals surface area (Å²) < 4.78 is 15.9. The van der Waals surface area contributed by atoms with Crippen LogP contribution in [0.1, 0.15) is 200 Å². The molecule has 0 aromatic heterocycles. The summed E-state index contributed by atoms with van der Waals surface area (Å²) in [6.07, 6.45) is 38.0. The van der Waals surface area contributed by atoms with E-state index in [1.54, 1.807) is 6.08 Å². The van der Waals surface area contributed by atoms with Crippen molar-refractivity contribution in [2.45, 2.75) is 212 Å². The van der Waals surface area contributed by atoms with Gasteiger partial charge in [0.05, 0.1) is 18.8 Å². The van der Waals surface area contributed by atoms with E-state index < -0.39 is 26.6 Å². The molecular weight excluding hydrogens is 585 g/mol. The molecule has 2 atom stereocenters. The largest absolute Gasteiger partial charge is 0.469 e. The molecule has 0 bridgehead atoms. The summed E-state index contributed by atoms with van der Waals surface area (Å²) in [4.78, 5) is 30.7. The van der Waals surface area contributed by atoms with E-state index in [9.17, 15) is 14.5 Å². The second-order valence-electron chi connectivity index (χ2n) is 13.3. The van der Waals surface area contributed by atoms with Crippen LogP contribution in [0.4, 0.5) is 0 Å². The van der Waals surface area contributed by atoms with Crippen LogP contribution >= 0.6 is 7.82 Å². The van der Waals surface area contributed by atoms with Crippen molar-refractivity contribution in [3.05, 3.63) is 12.2 Å². The Morgan fingerprint density at radius 3 is 1.36 bits per heavy atom. The number of phosphoric acid groups is 1. The van der Waals surface area contributed by atoms with Crippen molar-refractivity contribution in [1.82, 2.24) is 5.32 Å². The van der Waals surface area contributed by atoms with Crippen molar-refractivity contribution in [3.63, 3.8) is 0 Å². The number of hydrogen-bond donors (Lipinski definition) is 4. The van der Waals surface area contributed by atoms with Crippen LogP contribution in [0.25, 0.3) is 0 Å². The van der Waals surface area contributed by atoms with Gasteiger partial charge in [-0.25, -0.2) is 4.57 Å². The normalized spacial score (nSPS) is 13.4. The fraction of sp³-hybridized carbons (Fsp3) is 0.919. The Labute approximate surface area is 278 Å². The number of hydrogen-bond acceptors (Lipinski definition) is 4. The van der Waals surface area contributed by atoms with Crippen LogP contribution in [-0.4, -0.2) is 39.6 Å². The third kappa shape index (κ3) is 34.4. The van der Waals surface area contributed by atoms with Crippen molar-refractivity contribution in [1.29, 1.82) is 0 Å². The Bertz CT molecular complexity index is 713. The summed E-state index contributed by atoms with van der Waals surface area (Å²) >= 11 is 0. The number of aliphatic hydroxyl groups is 1. The summed E-state index contributed by atoms with van der Waals surface area (Å²) in [6, 6.07) is -0.903. The second-order valence-corrected chi connectivity index (χ2v) is 14.5. The van der Waals surface area contributed by atoms with Crippen LogP contribution in [0.5, 0.6) is 0 Å². The molecule has 0 unspecified atom stereocenters. The molecule has 0 heterocycles. The van der Waals surface area contributed by atoms with Crippen molar-refractivity contribution in [2.75, 3.05) is 6.61 Å². The van der Waals surface area contributed by atoms with Gasteiger partial charge in [-0.1, -0.05) is 187 Å². The number of carbonyl (C=O) groups excluding carboxylic acids is 1. The first-order valence-corrected chi connectivity index (χ1v) is 20.7. The second kappa shape index (κ2) is 33.2. The molecule has 0 saturated carbocycles. The van der Waals surface area contributed by atoms with Gasteiger partial charge in [0.15, 0.2) is 0 Å². The maximum Gasteiger partial charge on any atom is 0.469 e. The molecule has 268 valence electrons. The van der Waals surface area contributed by atoms with Gasteiger partial charge in [0, 0.05) is 6.42 Å². The third-order valence-corrected chi connectivity index (χ3v) is 9.23. The lowest BCUT2D eigenvalue weighted by atomic mass is 10.0. The van der Waals surface area contributed by atoms with E-state index in [1.807, 2.05) is 6.08 Å². The lowest BCUT2D eigenvalue weighted by molar-refractivity contribution is -0.123. The van der Waals surface area contributed by atoms with Crippen LogP contribution in [0.15, 0.2) is 12.2 Å². The van der Waals surface area contributed by atoms with E-state index in [0.29, 0.717) is 6.42 Å². The fourth-order valence-electron chi connectivity index (χ4n) is 5.81. The number of unbranched alkanes of at least 4 members (excludes halogenated alkanes) is 26. The minimum absolute atomic E-state index is 0.226. The van der Waals surface area contributed by atoms with Crippen molar-refractivity contribution in [3.8, 4) is 0 Å². The number of rotatable bonds is 35. The minimum Gasteiger partial charge on any atom is -0.387 e. The predicted molar refractivity (Wildman–Crippen MR) is 190 cm³/mol. The molecule has 0 aliphatic heterocycles. The first kappa shape index (κ1) is 44.3. The summed E-state index contributed by atoms with van der Waals surface area (Å²) in [6.45, 7) is 4.06. The maximum atomic E-state index is 12.5. The number of amides is 1. The predicted octanol–water partition coefficient (Wildman–Crippen LogP) is 10.9. The number of allylic oxidation sites excluding steroid dienone is 1. The van der Waals surface area contributed by atoms with Gasteiger partial charge in [-0.2, -0.15) is 0 Å². The first-order chi connectivity index (χ1) is 21.8. The van der Waals surface area contributed by atoms with E-state index in [-0.39, 0.29) is 5.91 Å². The van der Waals surface area contributed by atoms with E-state index in [4.69, 9.17) is 9.79 Å². The maximum absolute atomic E-state index is 12.5. The molecule has 0 aromatic rings. The lowest BCUT2D eigenvalue weighted by Crippen LogP contribution is -2.45. The van der Waals surface area contributed by atoms with Gasteiger partial charge in [0.2, 0.25) is 5.91 Å². The Morgan fingerprint density at radius 1 is 0.622 bits per heavy atom. The molecule has 0 spiro atoms. The van der Waals surface area contributed by atoms with Crippen LogP contribution in [0.3, 0.4) is 0 Å². The molecule has 8 heteroatoms. The van der Waals surface area contributed by atoms with Crippen LogP contribution < -0.4 is 5.32 Å². The third-order valence-electron chi connectivity index (χ3n) is 8.75. The van der Waals surface area contributed by atoms with Gasteiger partial charge in [-0.15, -0.1) is 0 Å². The average molecular weight is 660 g/mol. The molecule has 4 N–H and O–H groups in total. The van der Waals surface area contributed by atoms with Crippen LogP contribution in [0, 0.1) is 0 Å². The van der Waals surface area contributed by atoms with Crippen LogP contribution in [-0.2, 0) is 13.9 Å². The van der Waals surface area contributed by atoms with Gasteiger partial charge < -0.3 is 20.2 Å². The zero-order chi connectivity index (χ0) is 33.3. The minimum atomic E-state index is -4.70. The molecule has 0 aromatic carbocycles. The lowest BCUT2D eigenvalue weighted by Gasteiger charge is -2.22. The van der Waals surface area contributed by atoms with Gasteiger partial charge in [0.1, 0.15) is 0 Å². The molecule has 0 radical (unpaired) electrons. The van der Waals surface area contributed by atoms with E-state index in [1.165, 1.54) is 141 Å². The number of aliphatic hydroxyl groups excluding tert-OH is 1. The zero-order valence-electron chi connectivity index (χ0n) is 29.5. The molecular formula is C37H74NO6P. The Balaban J connectivity index is 4.00. The topological polar surface area (TPSA) is 116 Å². The number of carbonyl (C=O) groups is 1. The molecule has 45 heavy (non-hydrogen) atoms. The van der Waals surface area contributed by atoms with Gasteiger partial charge in [-0.05, 0) is 19.3 Å². The SMILES string of the molecule is CCCCCCCCCCCCCCCCC/C=C/[C@@H](O)[C@H](COP(=O)(O)O)NC(=O)CCCCCCCCCCCCCC. The summed E-state index contributed by atoms with van der Waals surface area (Å²) in [5, 5.41) is 13.3. The van der Waals surface area contributed by atoms with Gasteiger partial charge >= 0.3 is 7.82 Å². The Morgan fingerprint density at radius 2 is 0.978 bits per heavy atom. The average Bonchev–Trinajstić information content (AvgIpc) is 3.00. The number of nitrogens with one attached hydrogen (secondary N) is 1. The summed E-state index contributed by atoms with van der Waals surface area (Å²) in [7, 11) is -4.70. The molecule has 1 amide bonds. The summed E-state index contributed by atoms with van der Waals surface area (Å²) in [5.74, 6) is -0.226. The Hall–Kier alpha value is -0.720. The smallest absolute Gasteiger partial charge is 0.387 e. The van der Waals surface area contributed by atoms with Crippen molar-refractivity contribution >= 4 is 13.7 Å². The highest BCUT2D eigenvalue weighted by Crippen LogP contribution is 2.35. The van der Waals surface area contributed by atoms with Gasteiger partial charge in [0.25, 0.3) is 0 Å². The van der Waals surface area contributed by atoms with E-state index in [0.717, 1.165) is 38.5 Å². The fourth-order valence-corrected chi connectivity index (χ4v) is 6.17. The first-order valence-electron chi connectivity index (χ1n) is 19.1. The molecule has 0 saturated heterocycles. The highest BCUT2D eigenvalue weighted by molar-refractivity contribution is 7.46. The Kier molecular flexibility index (Phi) is 32.7. The quantitative estimate of drug-likeness (QED) is 0.0306. The highest BCUT2D eigenvalue weighted by Gasteiger charge is 2.24. The molecule has 0 aliphatic carbocycles. The zero-order valence-corrected chi connectivity index (χ0v) is 30.4. The summed E-state index contributed by atoms with van der Waals surface area (Å²) in [5.41, 5.74) is 0. The highest BCUT2D eigenvalue weighted by atomic mass is 31.2. The standard InChI is InChI=1S/C37H74NO6P/c1-3-5-7-9-11-13-15-17-18-19-20-21-22-24-26-28-30-32-36(39)35(34-44-45(41,42)43)38-37(40)33-31-29-27-25-23-16-14-12-10-8-6-4-2/h30,32,35-36,39H,3-29,31,33-34H2,1-2H3,(H,38,40)(H2,41,42,43)/b32-30+/t35-,36+/m0/s1. The van der Waals surface area contributed by atoms with Gasteiger partial charge in [-0.3, -0.25) is 9.32 Å². The number of phosphoric ester groups is 1.